The SMILES string of the molecule is CCC(c1nc2onc(C)c2c(=O)n1Cc1ccccc1)N(CCCN)C(=O)c1ccc(NC(C)=O)cc1. The molecule has 2 aromatic heterocycles. The Morgan fingerprint density at radius 1 is 1.13 bits per heavy atom. The smallest absolute Gasteiger partial charge is 0.267 e. The molecule has 0 bridgehead atoms. The van der Waals surface area contributed by atoms with Crippen molar-refractivity contribution in [3.63, 3.8) is 0 Å². The molecule has 0 aliphatic rings. The fourth-order valence-corrected chi connectivity index (χ4v) is 4.52. The monoisotopic (exact) mass is 516 g/mol. The van der Waals surface area contributed by atoms with Gasteiger partial charge in [-0.3, -0.25) is 19.0 Å². The van der Waals surface area contributed by atoms with Crippen LogP contribution >= 0.6 is 0 Å². The number of fused-ring (bicyclic) bond motifs is 1. The van der Waals surface area contributed by atoms with Gasteiger partial charge in [-0.25, -0.2) is 0 Å². The lowest BCUT2D eigenvalue weighted by molar-refractivity contribution is -0.114. The van der Waals surface area contributed by atoms with Crippen molar-refractivity contribution in [1.29, 1.82) is 0 Å². The fourth-order valence-electron chi connectivity index (χ4n) is 4.52. The van der Waals surface area contributed by atoms with E-state index in [1.54, 1.807) is 40.7 Å². The van der Waals surface area contributed by atoms with Crippen molar-refractivity contribution in [2.75, 3.05) is 18.4 Å². The maximum atomic E-state index is 13.8. The second kappa shape index (κ2) is 11.8. The molecule has 198 valence electrons. The van der Waals surface area contributed by atoms with Crippen molar-refractivity contribution in [3.8, 4) is 0 Å². The maximum absolute atomic E-state index is 13.8. The highest BCUT2D eigenvalue weighted by molar-refractivity contribution is 5.95. The normalized spacial score (nSPS) is 11.9. The van der Waals surface area contributed by atoms with E-state index in [0.29, 0.717) is 54.1 Å². The van der Waals surface area contributed by atoms with Crippen LogP contribution in [0.2, 0.25) is 0 Å². The zero-order chi connectivity index (χ0) is 27.2. The summed E-state index contributed by atoms with van der Waals surface area (Å²) in [6.07, 6.45) is 1.07. The Morgan fingerprint density at radius 2 is 1.84 bits per heavy atom. The average Bonchev–Trinajstić information content (AvgIpc) is 3.29. The first kappa shape index (κ1) is 26.7. The van der Waals surface area contributed by atoms with Gasteiger partial charge in [-0.2, -0.15) is 4.98 Å². The average molecular weight is 517 g/mol. The molecule has 2 heterocycles. The van der Waals surface area contributed by atoms with E-state index < -0.39 is 6.04 Å². The molecule has 4 rings (SSSR count). The van der Waals surface area contributed by atoms with Crippen molar-refractivity contribution in [1.82, 2.24) is 19.6 Å². The predicted molar refractivity (Wildman–Crippen MR) is 145 cm³/mol. The summed E-state index contributed by atoms with van der Waals surface area (Å²) in [4.78, 5) is 45.4. The number of aryl methyl sites for hydroxylation is 1. The summed E-state index contributed by atoms with van der Waals surface area (Å²) in [7, 11) is 0. The van der Waals surface area contributed by atoms with Gasteiger partial charge in [0.25, 0.3) is 17.2 Å². The van der Waals surface area contributed by atoms with Crippen LogP contribution in [-0.2, 0) is 11.3 Å². The third-order valence-electron chi connectivity index (χ3n) is 6.36. The molecule has 2 aromatic carbocycles. The third-order valence-corrected chi connectivity index (χ3v) is 6.36. The van der Waals surface area contributed by atoms with E-state index in [-0.39, 0.29) is 29.6 Å². The number of aromatic nitrogens is 3. The molecule has 1 unspecified atom stereocenters. The van der Waals surface area contributed by atoms with Crippen LogP contribution in [0.4, 0.5) is 5.69 Å². The number of carbonyl (C=O) groups is 2. The van der Waals surface area contributed by atoms with Crippen LogP contribution in [0.3, 0.4) is 0 Å². The summed E-state index contributed by atoms with van der Waals surface area (Å²) >= 11 is 0. The zero-order valence-electron chi connectivity index (χ0n) is 21.8. The number of rotatable bonds is 10. The van der Waals surface area contributed by atoms with Gasteiger partial charge in [0.1, 0.15) is 11.2 Å². The summed E-state index contributed by atoms with van der Waals surface area (Å²) in [5, 5.41) is 6.99. The minimum Gasteiger partial charge on any atom is -0.335 e. The first-order valence-corrected chi connectivity index (χ1v) is 12.6. The molecule has 10 heteroatoms. The highest BCUT2D eigenvalue weighted by Gasteiger charge is 2.30. The topological polar surface area (TPSA) is 136 Å². The van der Waals surface area contributed by atoms with E-state index in [2.05, 4.69) is 10.5 Å². The number of benzene rings is 2. The Morgan fingerprint density at radius 3 is 2.47 bits per heavy atom. The van der Waals surface area contributed by atoms with E-state index in [1.165, 1.54) is 6.92 Å². The summed E-state index contributed by atoms with van der Waals surface area (Å²) in [5.74, 6) is -0.000485. The summed E-state index contributed by atoms with van der Waals surface area (Å²) < 4.78 is 7.00. The Balaban J connectivity index is 1.81. The number of nitrogens with one attached hydrogen (secondary N) is 1. The molecule has 0 saturated carbocycles. The molecule has 3 N–H and O–H groups in total. The highest BCUT2D eigenvalue weighted by Crippen LogP contribution is 2.27. The largest absolute Gasteiger partial charge is 0.335 e. The molecule has 0 saturated heterocycles. The Hall–Kier alpha value is -4.31. The predicted octanol–water partition coefficient (Wildman–Crippen LogP) is 3.64. The Kier molecular flexibility index (Phi) is 8.32. The lowest BCUT2D eigenvalue weighted by atomic mass is 10.1. The van der Waals surface area contributed by atoms with Gasteiger partial charge in [0.2, 0.25) is 5.91 Å². The first-order chi connectivity index (χ1) is 18.3. The number of nitrogens with zero attached hydrogens (tertiary/aromatic N) is 4. The Bertz CT molecular complexity index is 1480. The van der Waals surface area contributed by atoms with E-state index in [1.807, 2.05) is 37.3 Å². The van der Waals surface area contributed by atoms with Crippen LogP contribution in [0.5, 0.6) is 0 Å². The molecule has 10 nitrogen and oxygen atoms in total. The second-order valence-electron chi connectivity index (χ2n) is 9.12. The van der Waals surface area contributed by atoms with E-state index in [9.17, 15) is 14.4 Å². The van der Waals surface area contributed by atoms with Gasteiger partial charge < -0.3 is 20.5 Å². The molecule has 38 heavy (non-hydrogen) atoms. The summed E-state index contributed by atoms with van der Waals surface area (Å²) in [6, 6.07) is 15.8. The lowest BCUT2D eigenvalue weighted by Gasteiger charge is -2.32. The van der Waals surface area contributed by atoms with Crippen LogP contribution in [0.15, 0.2) is 63.9 Å². The van der Waals surface area contributed by atoms with Crippen molar-refractivity contribution in [2.45, 2.75) is 46.2 Å². The summed E-state index contributed by atoms with van der Waals surface area (Å²) in [5.41, 5.74) is 8.14. The van der Waals surface area contributed by atoms with Crippen LogP contribution in [-0.4, -0.2) is 44.5 Å². The van der Waals surface area contributed by atoms with Gasteiger partial charge in [-0.15, -0.1) is 0 Å². The zero-order valence-corrected chi connectivity index (χ0v) is 21.8. The molecule has 0 aliphatic carbocycles. The molecular formula is C28H32N6O4. The van der Waals surface area contributed by atoms with Gasteiger partial charge in [0, 0.05) is 24.7 Å². The minimum atomic E-state index is -0.532. The molecule has 0 fully saturated rings. The van der Waals surface area contributed by atoms with Crippen LogP contribution in [0.25, 0.3) is 11.1 Å². The molecule has 1 atom stereocenters. The van der Waals surface area contributed by atoms with Crippen LogP contribution in [0.1, 0.15) is 60.2 Å². The van der Waals surface area contributed by atoms with Crippen molar-refractivity contribution in [3.05, 3.63) is 87.6 Å². The van der Waals surface area contributed by atoms with E-state index in [0.717, 1.165) is 5.56 Å². The minimum absolute atomic E-state index is 0.149. The fraction of sp³-hybridized carbons (Fsp3) is 0.321. The third kappa shape index (κ3) is 5.65. The number of anilines is 1. The van der Waals surface area contributed by atoms with Crippen LogP contribution < -0.4 is 16.6 Å². The van der Waals surface area contributed by atoms with Crippen molar-refractivity contribution >= 4 is 28.6 Å². The molecule has 0 spiro atoms. The molecule has 2 amide bonds. The van der Waals surface area contributed by atoms with Crippen molar-refractivity contribution < 1.29 is 14.1 Å². The lowest BCUT2D eigenvalue weighted by Crippen LogP contribution is -2.40. The molecule has 0 aliphatic heterocycles. The van der Waals surface area contributed by atoms with Crippen molar-refractivity contribution in [2.24, 2.45) is 5.73 Å². The van der Waals surface area contributed by atoms with Gasteiger partial charge in [0.05, 0.1) is 18.3 Å². The first-order valence-electron chi connectivity index (χ1n) is 12.6. The molecular weight excluding hydrogens is 484 g/mol. The number of hydrogen-bond donors (Lipinski definition) is 2. The van der Waals surface area contributed by atoms with Gasteiger partial charge in [-0.1, -0.05) is 42.4 Å². The van der Waals surface area contributed by atoms with Crippen LogP contribution in [0, 0.1) is 6.92 Å². The van der Waals surface area contributed by atoms with E-state index >= 15 is 0 Å². The molecule has 4 aromatic rings. The number of carbonyl (C=O) groups excluding carboxylic acids is 2. The number of hydrogen-bond acceptors (Lipinski definition) is 7. The maximum Gasteiger partial charge on any atom is 0.267 e. The quantitative estimate of drug-likeness (QED) is 0.328. The number of amides is 2. The summed E-state index contributed by atoms with van der Waals surface area (Å²) in [6.45, 7) is 6.13. The second-order valence-corrected chi connectivity index (χ2v) is 9.12. The Labute approximate surface area is 220 Å². The standard InChI is InChI=1S/C28H32N6O4/c1-4-23(33(16-8-15-29)27(36)21-11-13-22(14-12-21)30-19(3)35)25-31-26-24(18(2)32-38-26)28(37)34(25)17-20-9-6-5-7-10-20/h5-7,9-14,23H,4,8,15-17,29H2,1-3H3,(H,30,35). The molecule has 0 radical (unpaired) electrons. The van der Waals surface area contributed by atoms with Gasteiger partial charge in [-0.05, 0) is 56.1 Å². The van der Waals surface area contributed by atoms with Gasteiger partial charge >= 0.3 is 0 Å². The number of nitrogens with two attached hydrogens (primary N) is 1. The van der Waals surface area contributed by atoms with E-state index in [4.69, 9.17) is 15.2 Å². The highest BCUT2D eigenvalue weighted by atomic mass is 16.5. The van der Waals surface area contributed by atoms with Gasteiger partial charge in [0.15, 0.2) is 0 Å².